The summed E-state index contributed by atoms with van der Waals surface area (Å²) in [6.07, 6.45) is 6.49. The molecule has 3 atom stereocenters. The Hall–Kier alpha value is -4.68. The van der Waals surface area contributed by atoms with Gasteiger partial charge in [0.25, 0.3) is 15.6 Å². The number of aryl methyl sites for hydroxylation is 2. The van der Waals surface area contributed by atoms with E-state index in [-0.39, 0.29) is 47.1 Å². The standard InChI is InChI=1S/C46H52ClN7O7S2/c1-30-10-15-37(16-11-30)63(59,60)54-23-20-38-40(27-50(4)44(56)42(38)54)33-12-17-41-39(24-33)43(46(28-55,61-36-13-14-36)34-8-6-5-7-9-34)49-45(48-41)51-21-18-35(19-22-51)53-26-31(2)52(25-32(53)3)29-62(47,57)58/h5-12,15-17,20,23-24,27,31-32,35-36,55H,13-14,18-19,21-22,25-26,28-29H2,1-4H3/t31-,32+,46?/m1/s1. The molecule has 2 aliphatic heterocycles. The molecule has 1 aliphatic carbocycles. The Morgan fingerprint density at radius 3 is 2.25 bits per heavy atom. The molecule has 332 valence electrons. The first-order valence-electron chi connectivity index (χ1n) is 21.4. The number of benzene rings is 3. The Labute approximate surface area is 372 Å². The minimum Gasteiger partial charge on any atom is -0.393 e. The molecule has 3 aromatic carbocycles. The van der Waals surface area contributed by atoms with Crippen LogP contribution in [0, 0.1) is 6.92 Å². The van der Waals surface area contributed by atoms with Gasteiger partial charge in [0.15, 0.2) is 5.60 Å². The highest BCUT2D eigenvalue weighted by molar-refractivity contribution is 8.13. The lowest BCUT2D eigenvalue weighted by atomic mass is 9.87. The van der Waals surface area contributed by atoms with Crippen LogP contribution in [0.4, 0.5) is 5.95 Å². The van der Waals surface area contributed by atoms with Crippen molar-refractivity contribution >= 4 is 57.5 Å². The Morgan fingerprint density at radius 2 is 1.59 bits per heavy atom. The predicted molar refractivity (Wildman–Crippen MR) is 245 cm³/mol. The molecule has 17 heteroatoms. The van der Waals surface area contributed by atoms with Crippen molar-refractivity contribution in [3.8, 4) is 11.1 Å². The molecular weight excluding hydrogens is 862 g/mol. The van der Waals surface area contributed by atoms with E-state index < -0.39 is 30.2 Å². The predicted octanol–water partition coefficient (Wildman–Crippen LogP) is 5.80. The third kappa shape index (κ3) is 8.31. The molecule has 0 radical (unpaired) electrons. The van der Waals surface area contributed by atoms with Crippen LogP contribution in [0.15, 0.2) is 101 Å². The van der Waals surface area contributed by atoms with Gasteiger partial charge in [-0.1, -0.05) is 54.1 Å². The number of anilines is 1. The first kappa shape index (κ1) is 43.6. The van der Waals surface area contributed by atoms with Crippen LogP contribution >= 0.6 is 10.7 Å². The van der Waals surface area contributed by atoms with Crippen LogP contribution in [0.25, 0.3) is 32.9 Å². The SMILES string of the molecule is Cc1ccc(S(=O)(=O)n2ccc3c(-c4ccc5nc(N6CCC(N7C[C@@H](C)N(CS(=O)(=O)Cl)C[C@@H]7C)CC6)nc(C(CO)(OC6CC6)c6ccccc6)c5c4)cn(C)c(=O)c32)cc1. The first-order valence-corrected chi connectivity index (χ1v) is 25.3. The summed E-state index contributed by atoms with van der Waals surface area (Å²) in [5.41, 5.74) is 2.39. The van der Waals surface area contributed by atoms with Crippen LogP contribution in [0.2, 0.25) is 0 Å². The largest absolute Gasteiger partial charge is 0.393 e. The van der Waals surface area contributed by atoms with Gasteiger partial charge < -0.3 is 19.3 Å². The quantitative estimate of drug-likeness (QED) is 0.147. The molecule has 3 aliphatic rings. The molecule has 9 rings (SSSR count). The summed E-state index contributed by atoms with van der Waals surface area (Å²) in [7, 11) is -0.521. The molecular formula is C46H52ClN7O7S2. The average molecular weight is 915 g/mol. The lowest BCUT2D eigenvalue weighted by Gasteiger charge is -2.49. The molecule has 1 unspecified atom stereocenters. The second-order valence-electron chi connectivity index (χ2n) is 17.5. The zero-order chi connectivity index (χ0) is 44.4. The number of fused-ring (bicyclic) bond motifs is 2. The molecule has 0 bridgehead atoms. The summed E-state index contributed by atoms with van der Waals surface area (Å²) in [5.74, 6) is 0.360. The van der Waals surface area contributed by atoms with Gasteiger partial charge in [0.05, 0.1) is 28.8 Å². The number of rotatable bonds is 12. The molecule has 14 nitrogen and oxygen atoms in total. The number of halogens is 1. The minimum absolute atomic E-state index is 0.0311. The van der Waals surface area contributed by atoms with Crippen LogP contribution in [-0.4, -0.2) is 113 Å². The van der Waals surface area contributed by atoms with Crippen LogP contribution in [-0.2, 0) is 36.5 Å². The number of ether oxygens (including phenoxy) is 1. The first-order chi connectivity index (χ1) is 30.1. The molecule has 3 aromatic heterocycles. The summed E-state index contributed by atoms with van der Waals surface area (Å²) < 4.78 is 61.1. The Morgan fingerprint density at radius 1 is 0.873 bits per heavy atom. The van der Waals surface area contributed by atoms with E-state index in [1.165, 1.54) is 10.8 Å². The third-order valence-electron chi connectivity index (χ3n) is 13.0. The normalized spacial score (nSPS) is 20.7. The van der Waals surface area contributed by atoms with E-state index in [2.05, 4.69) is 16.7 Å². The number of hydrogen-bond acceptors (Lipinski definition) is 12. The molecule has 3 fully saturated rings. The summed E-state index contributed by atoms with van der Waals surface area (Å²) in [6.45, 7) is 8.40. The molecule has 1 N–H and O–H groups in total. The Bertz CT molecular complexity index is 2970. The van der Waals surface area contributed by atoms with E-state index in [0.29, 0.717) is 58.7 Å². The van der Waals surface area contributed by atoms with Crippen molar-refractivity contribution in [3.63, 3.8) is 0 Å². The van der Waals surface area contributed by atoms with Crippen LogP contribution in [0.3, 0.4) is 0 Å². The summed E-state index contributed by atoms with van der Waals surface area (Å²) >= 11 is 0. The van der Waals surface area contributed by atoms with E-state index in [1.807, 2.05) is 67.3 Å². The number of aliphatic hydroxyl groups is 1. The molecule has 63 heavy (non-hydrogen) atoms. The van der Waals surface area contributed by atoms with E-state index in [1.54, 1.807) is 43.6 Å². The van der Waals surface area contributed by atoms with E-state index in [4.69, 9.17) is 25.4 Å². The van der Waals surface area contributed by atoms with E-state index in [9.17, 15) is 26.7 Å². The lowest BCUT2D eigenvalue weighted by Crippen LogP contribution is -2.61. The number of aromatic nitrogens is 4. The van der Waals surface area contributed by atoms with Crippen LogP contribution in [0.1, 0.15) is 56.4 Å². The van der Waals surface area contributed by atoms with Crippen LogP contribution in [0.5, 0.6) is 0 Å². The van der Waals surface area contributed by atoms with Crippen molar-refractivity contribution in [2.45, 2.75) is 81.2 Å². The van der Waals surface area contributed by atoms with Crippen molar-refractivity contribution in [3.05, 3.63) is 118 Å². The second-order valence-corrected chi connectivity index (χ2v) is 22.0. The minimum atomic E-state index is -4.11. The maximum atomic E-state index is 14.0. The number of piperidine rings is 1. The fraction of sp³-hybridized carbons (Fsp3) is 0.413. The summed E-state index contributed by atoms with van der Waals surface area (Å²) in [4.78, 5) is 31.0. The highest BCUT2D eigenvalue weighted by atomic mass is 35.7. The van der Waals surface area contributed by atoms with Gasteiger partial charge in [-0.2, -0.15) is 0 Å². The smallest absolute Gasteiger partial charge is 0.275 e. The maximum Gasteiger partial charge on any atom is 0.275 e. The zero-order valence-corrected chi connectivity index (χ0v) is 38.2. The van der Waals surface area contributed by atoms with Gasteiger partial charge in [0, 0.05) is 90.8 Å². The van der Waals surface area contributed by atoms with Gasteiger partial charge in [-0.25, -0.2) is 30.8 Å². The number of aliphatic hydroxyl groups excluding tert-OH is 1. The highest BCUT2D eigenvalue weighted by Gasteiger charge is 2.44. The Kier molecular flexibility index (Phi) is 11.6. The number of pyridine rings is 1. The van der Waals surface area contributed by atoms with E-state index in [0.717, 1.165) is 47.3 Å². The number of hydrogen-bond donors (Lipinski definition) is 1. The van der Waals surface area contributed by atoms with Crippen molar-refractivity contribution in [2.75, 3.05) is 43.6 Å². The summed E-state index contributed by atoms with van der Waals surface area (Å²) in [6, 6.07) is 24.1. The molecule has 2 saturated heterocycles. The van der Waals surface area contributed by atoms with Gasteiger partial charge in [0.1, 0.15) is 11.4 Å². The van der Waals surface area contributed by atoms with Gasteiger partial charge in [0.2, 0.25) is 15.0 Å². The number of piperazine rings is 1. The van der Waals surface area contributed by atoms with Gasteiger partial charge in [-0.3, -0.25) is 14.6 Å². The fourth-order valence-corrected chi connectivity index (χ4v) is 11.9. The van der Waals surface area contributed by atoms with Crippen molar-refractivity contribution in [1.29, 1.82) is 0 Å². The fourth-order valence-electron chi connectivity index (χ4n) is 9.47. The molecule has 0 amide bonds. The topological polar surface area (TPSA) is 160 Å². The zero-order valence-electron chi connectivity index (χ0n) is 35.8. The summed E-state index contributed by atoms with van der Waals surface area (Å²) in [5, 5.41) is 12.7. The maximum absolute atomic E-state index is 14.0. The molecule has 5 heterocycles. The van der Waals surface area contributed by atoms with Crippen molar-refractivity contribution in [1.82, 2.24) is 28.3 Å². The van der Waals surface area contributed by atoms with Gasteiger partial charge in [-0.05, 0) is 87.9 Å². The monoisotopic (exact) mass is 913 g/mol. The van der Waals surface area contributed by atoms with Crippen LogP contribution < -0.4 is 10.5 Å². The molecule has 1 saturated carbocycles. The second kappa shape index (κ2) is 16.7. The van der Waals surface area contributed by atoms with Gasteiger partial charge in [-0.15, -0.1) is 0 Å². The van der Waals surface area contributed by atoms with Crippen molar-refractivity contribution < 1.29 is 26.7 Å². The van der Waals surface area contributed by atoms with Gasteiger partial charge >= 0.3 is 0 Å². The van der Waals surface area contributed by atoms with Crippen molar-refractivity contribution in [2.24, 2.45) is 7.05 Å². The molecule has 6 aromatic rings. The third-order valence-corrected chi connectivity index (χ3v) is 15.6. The highest BCUT2D eigenvalue weighted by Crippen LogP contribution is 2.43. The number of nitrogens with zero attached hydrogens (tertiary/aromatic N) is 7. The molecule has 0 spiro atoms. The Balaban J connectivity index is 1.12. The van der Waals surface area contributed by atoms with E-state index >= 15 is 0 Å². The lowest BCUT2D eigenvalue weighted by molar-refractivity contribution is -0.0672. The average Bonchev–Trinajstić information content (AvgIpc) is 3.97.